The Morgan fingerprint density at radius 3 is 2.35 bits per heavy atom. The van der Waals surface area contributed by atoms with Crippen molar-refractivity contribution in [1.29, 1.82) is 0 Å². The number of ether oxygens (including phenoxy) is 1. The highest BCUT2D eigenvalue weighted by atomic mass is 19.1. The molecule has 0 spiro atoms. The van der Waals surface area contributed by atoms with Gasteiger partial charge in [-0.25, -0.2) is 4.39 Å². The van der Waals surface area contributed by atoms with Crippen LogP contribution in [-0.4, -0.2) is 47.4 Å². The molecule has 6 heteroatoms. The van der Waals surface area contributed by atoms with Crippen molar-refractivity contribution in [1.82, 2.24) is 9.80 Å². The largest absolute Gasteiger partial charge is 0.481 e. The van der Waals surface area contributed by atoms with Crippen molar-refractivity contribution < 1.29 is 18.7 Å². The number of fused-ring (bicyclic) bond motifs is 1. The summed E-state index contributed by atoms with van der Waals surface area (Å²) in [6.45, 7) is 11.8. The van der Waals surface area contributed by atoms with Crippen molar-refractivity contribution in [2.24, 2.45) is 5.92 Å². The number of amides is 2. The molecule has 1 aliphatic heterocycles. The summed E-state index contributed by atoms with van der Waals surface area (Å²) in [5.74, 6) is 0.612. The zero-order valence-corrected chi connectivity index (χ0v) is 21.0. The lowest BCUT2D eigenvalue weighted by Crippen LogP contribution is -2.42. The quantitative estimate of drug-likeness (QED) is 0.497. The van der Waals surface area contributed by atoms with E-state index < -0.39 is 6.10 Å². The van der Waals surface area contributed by atoms with Crippen molar-refractivity contribution in [3.05, 3.63) is 65.0 Å². The minimum atomic E-state index is -0.565. The molecule has 34 heavy (non-hydrogen) atoms. The van der Waals surface area contributed by atoms with Crippen LogP contribution in [0.4, 0.5) is 4.39 Å². The van der Waals surface area contributed by atoms with Crippen LogP contribution in [0.5, 0.6) is 5.75 Å². The van der Waals surface area contributed by atoms with Gasteiger partial charge in [-0.1, -0.05) is 39.0 Å². The molecule has 2 aromatic rings. The predicted octanol–water partition coefficient (Wildman–Crippen LogP) is 5.37. The van der Waals surface area contributed by atoms with Crippen molar-refractivity contribution in [2.45, 2.75) is 66.0 Å². The summed E-state index contributed by atoms with van der Waals surface area (Å²) in [6.07, 6.45) is 1.20. The van der Waals surface area contributed by atoms with Gasteiger partial charge in [0.05, 0.1) is 6.04 Å². The van der Waals surface area contributed by atoms with Crippen molar-refractivity contribution >= 4 is 11.8 Å². The maximum absolute atomic E-state index is 13.7. The molecule has 0 saturated heterocycles. The molecule has 1 heterocycles. The van der Waals surface area contributed by atoms with Gasteiger partial charge in [-0.3, -0.25) is 9.59 Å². The number of hydrogen-bond donors (Lipinski definition) is 0. The predicted molar refractivity (Wildman–Crippen MR) is 132 cm³/mol. The van der Waals surface area contributed by atoms with Gasteiger partial charge in [-0.2, -0.15) is 0 Å². The lowest BCUT2D eigenvalue weighted by molar-refractivity contribution is -0.138. The van der Waals surface area contributed by atoms with Crippen molar-refractivity contribution in [2.75, 3.05) is 19.6 Å². The molecule has 0 saturated carbocycles. The fourth-order valence-electron chi connectivity index (χ4n) is 4.62. The third-order valence-corrected chi connectivity index (χ3v) is 6.43. The van der Waals surface area contributed by atoms with E-state index in [0.29, 0.717) is 38.2 Å². The maximum Gasteiger partial charge on any atom is 0.263 e. The molecule has 1 aliphatic rings. The minimum Gasteiger partial charge on any atom is -0.481 e. The van der Waals surface area contributed by atoms with Crippen molar-refractivity contribution in [3.63, 3.8) is 0 Å². The highest BCUT2D eigenvalue weighted by Gasteiger charge is 2.33. The van der Waals surface area contributed by atoms with E-state index in [1.54, 1.807) is 17.0 Å². The van der Waals surface area contributed by atoms with E-state index in [2.05, 4.69) is 0 Å². The van der Waals surface area contributed by atoms with Crippen LogP contribution in [0.3, 0.4) is 0 Å². The number of halogens is 1. The Hall–Kier alpha value is -2.89. The molecule has 0 bridgehead atoms. The van der Waals surface area contributed by atoms with E-state index in [4.69, 9.17) is 4.74 Å². The van der Waals surface area contributed by atoms with Crippen LogP contribution in [0.15, 0.2) is 42.5 Å². The number of carbonyl (C=O) groups is 2. The van der Waals surface area contributed by atoms with E-state index in [0.717, 1.165) is 23.1 Å². The molecule has 3 rings (SSSR count). The normalized spacial score (nSPS) is 16.2. The molecule has 184 valence electrons. The Morgan fingerprint density at radius 1 is 1.09 bits per heavy atom. The van der Waals surface area contributed by atoms with Gasteiger partial charge in [0, 0.05) is 26.1 Å². The van der Waals surface area contributed by atoms with Crippen LogP contribution in [0.2, 0.25) is 0 Å². The third-order valence-electron chi connectivity index (χ3n) is 6.43. The molecular formula is C28H37FN2O3. The smallest absolute Gasteiger partial charge is 0.263 e. The molecule has 2 atom stereocenters. The fraction of sp³-hybridized carbons (Fsp3) is 0.500. The number of hydrogen-bond acceptors (Lipinski definition) is 3. The number of rotatable bonds is 9. The maximum atomic E-state index is 13.7. The SMILES string of the molecule is CC[C@H](Oc1ccc2c(c1)[C@@H](c1ccc(F)cc1)N(C(=O)CC(C)C)CC2)C(=O)N(CC)CC. The molecular weight excluding hydrogens is 431 g/mol. The standard InChI is InChI=1S/C28H37FN2O3/c1-6-25(28(33)30(7-2)8-3)34-23-14-11-20-15-16-31(26(32)17-19(4)5)27(24(20)18-23)21-9-12-22(29)13-10-21/h9-14,18-19,25,27H,6-8,15-17H2,1-5H3/t25-,27+/m0/s1. The van der Waals surface area contributed by atoms with Crippen LogP contribution < -0.4 is 4.74 Å². The second-order valence-electron chi connectivity index (χ2n) is 9.28. The van der Waals surface area contributed by atoms with E-state index in [1.807, 2.05) is 57.7 Å². The number of carbonyl (C=O) groups excluding carboxylic acids is 2. The molecule has 0 fully saturated rings. The van der Waals surface area contributed by atoms with Gasteiger partial charge < -0.3 is 14.5 Å². The average molecular weight is 469 g/mol. The second kappa shape index (κ2) is 11.5. The number of nitrogens with zero attached hydrogens (tertiary/aromatic N) is 2. The summed E-state index contributed by atoms with van der Waals surface area (Å²) in [6, 6.07) is 11.9. The van der Waals surface area contributed by atoms with E-state index in [1.165, 1.54) is 12.1 Å². The summed E-state index contributed by atoms with van der Waals surface area (Å²) in [4.78, 5) is 29.8. The van der Waals surface area contributed by atoms with Gasteiger partial charge in [0.15, 0.2) is 6.10 Å². The molecule has 2 amide bonds. The van der Waals surface area contributed by atoms with Gasteiger partial charge in [0.1, 0.15) is 11.6 Å². The summed E-state index contributed by atoms with van der Waals surface area (Å²) < 4.78 is 19.9. The Labute approximate surface area is 202 Å². The summed E-state index contributed by atoms with van der Waals surface area (Å²) in [7, 11) is 0. The van der Waals surface area contributed by atoms with Gasteiger partial charge >= 0.3 is 0 Å². The van der Waals surface area contributed by atoms with Crippen LogP contribution in [0, 0.1) is 11.7 Å². The first-order valence-corrected chi connectivity index (χ1v) is 12.4. The first-order chi connectivity index (χ1) is 16.3. The van der Waals surface area contributed by atoms with Gasteiger partial charge in [0.2, 0.25) is 5.91 Å². The summed E-state index contributed by atoms with van der Waals surface area (Å²) >= 11 is 0. The highest BCUT2D eigenvalue weighted by molar-refractivity contribution is 5.81. The van der Waals surface area contributed by atoms with Gasteiger partial charge in [-0.05, 0) is 73.6 Å². The zero-order chi connectivity index (χ0) is 24.8. The Balaban J connectivity index is 1.98. The number of likely N-dealkylation sites (N-methyl/N-ethyl adjacent to an activating group) is 1. The molecule has 5 nitrogen and oxygen atoms in total. The average Bonchev–Trinajstić information content (AvgIpc) is 2.82. The Morgan fingerprint density at radius 2 is 1.76 bits per heavy atom. The highest BCUT2D eigenvalue weighted by Crippen LogP contribution is 2.38. The number of benzene rings is 2. The zero-order valence-electron chi connectivity index (χ0n) is 21.0. The monoisotopic (exact) mass is 468 g/mol. The Kier molecular flexibility index (Phi) is 8.70. The van der Waals surface area contributed by atoms with Crippen molar-refractivity contribution in [3.8, 4) is 5.75 Å². The second-order valence-corrected chi connectivity index (χ2v) is 9.28. The van der Waals surface area contributed by atoms with Crippen LogP contribution in [0.1, 0.15) is 70.2 Å². The fourth-order valence-corrected chi connectivity index (χ4v) is 4.62. The Bertz CT molecular complexity index is 986. The van der Waals surface area contributed by atoms with Gasteiger partial charge in [0.25, 0.3) is 5.91 Å². The van der Waals surface area contributed by atoms with E-state index >= 15 is 0 Å². The summed E-state index contributed by atoms with van der Waals surface area (Å²) in [5.41, 5.74) is 2.97. The minimum absolute atomic E-state index is 0.0194. The molecule has 0 unspecified atom stereocenters. The van der Waals surface area contributed by atoms with Crippen LogP contribution in [-0.2, 0) is 16.0 Å². The van der Waals surface area contributed by atoms with Crippen LogP contribution >= 0.6 is 0 Å². The van der Waals surface area contributed by atoms with Crippen LogP contribution in [0.25, 0.3) is 0 Å². The summed E-state index contributed by atoms with van der Waals surface area (Å²) in [5, 5.41) is 0. The lowest BCUT2D eigenvalue weighted by atomic mass is 9.87. The molecule has 0 N–H and O–H groups in total. The molecule has 0 aromatic heterocycles. The first kappa shape index (κ1) is 25.7. The first-order valence-electron chi connectivity index (χ1n) is 12.4. The third kappa shape index (κ3) is 5.78. The van der Waals surface area contributed by atoms with E-state index in [9.17, 15) is 14.0 Å². The molecule has 2 aromatic carbocycles. The molecule has 0 radical (unpaired) electrons. The lowest BCUT2D eigenvalue weighted by Gasteiger charge is -2.38. The van der Waals surface area contributed by atoms with E-state index in [-0.39, 0.29) is 29.6 Å². The topological polar surface area (TPSA) is 49.9 Å². The van der Waals surface area contributed by atoms with Gasteiger partial charge in [-0.15, -0.1) is 0 Å². The molecule has 0 aliphatic carbocycles.